The van der Waals surface area contributed by atoms with E-state index in [1.165, 1.54) is 0 Å². The molecule has 0 rings (SSSR count). The lowest BCUT2D eigenvalue weighted by Crippen LogP contribution is -1.95. The van der Waals surface area contributed by atoms with Crippen LogP contribution in [0.3, 0.4) is 0 Å². The lowest BCUT2D eigenvalue weighted by Gasteiger charge is -1.89. The van der Waals surface area contributed by atoms with E-state index in [4.69, 9.17) is 20.0 Å². The Morgan fingerprint density at radius 2 is 1.25 bits per heavy atom. The van der Waals surface area contributed by atoms with Gasteiger partial charge in [-0.15, -0.1) is 9.81 Å². The molecule has 0 aromatic rings. The van der Waals surface area contributed by atoms with E-state index in [9.17, 15) is 0 Å². The average Bonchev–Trinajstić information content (AvgIpc) is 2.13. The zero-order valence-corrected chi connectivity index (χ0v) is 6.25. The monoisotopic (exact) mass is 182 g/mol. The standard InChI is InChI=1S/C2H4N2O4.C2H6O2/c5-3-7-1-2-8-4-6;3-1-2-4/h1-2H2;3-4H,1-2H2. The van der Waals surface area contributed by atoms with Crippen molar-refractivity contribution in [3.63, 3.8) is 0 Å². The topological polar surface area (TPSA) is 118 Å². The van der Waals surface area contributed by atoms with Crippen LogP contribution in [-0.2, 0) is 9.68 Å². The molecule has 0 bridgehead atoms. The van der Waals surface area contributed by atoms with Crippen LogP contribution < -0.4 is 0 Å². The van der Waals surface area contributed by atoms with Crippen molar-refractivity contribution in [2.75, 3.05) is 26.4 Å². The summed E-state index contributed by atoms with van der Waals surface area (Å²) >= 11 is 0. The van der Waals surface area contributed by atoms with E-state index in [1.807, 2.05) is 10.7 Å². The highest BCUT2D eigenvalue weighted by Gasteiger charge is 1.83. The fraction of sp³-hybridized carbons (Fsp3) is 1.00. The first-order valence-corrected chi connectivity index (χ1v) is 2.94. The molecule has 12 heavy (non-hydrogen) atoms. The minimum atomic E-state index is -0.125. The van der Waals surface area contributed by atoms with Gasteiger partial charge in [-0.3, -0.25) is 0 Å². The summed E-state index contributed by atoms with van der Waals surface area (Å²) in [6.45, 7) is -0.343. The molecule has 0 aliphatic heterocycles. The molecule has 0 saturated carbocycles. The van der Waals surface area contributed by atoms with Crippen LogP contribution in [0.4, 0.5) is 0 Å². The summed E-state index contributed by atoms with van der Waals surface area (Å²) in [5.74, 6) is 0. The lowest BCUT2D eigenvalue weighted by atomic mass is 10.8. The fourth-order valence-electron chi connectivity index (χ4n) is 0.149. The highest BCUT2D eigenvalue weighted by atomic mass is 16.8. The minimum Gasteiger partial charge on any atom is -0.394 e. The Morgan fingerprint density at radius 1 is 0.917 bits per heavy atom. The molecule has 8 heteroatoms. The van der Waals surface area contributed by atoms with Crippen LogP contribution >= 0.6 is 0 Å². The van der Waals surface area contributed by atoms with Gasteiger partial charge in [0.2, 0.25) is 0 Å². The summed E-state index contributed by atoms with van der Waals surface area (Å²) in [5, 5.41) is 19.3. The number of hydrogen-bond acceptors (Lipinski definition) is 8. The van der Waals surface area contributed by atoms with Gasteiger partial charge in [0.15, 0.2) is 23.9 Å². The second-order valence-corrected chi connectivity index (χ2v) is 1.26. The molecule has 0 heterocycles. The molecule has 0 unspecified atom stereocenters. The molecule has 72 valence electrons. The van der Waals surface area contributed by atoms with Crippen LogP contribution in [0.2, 0.25) is 0 Å². The Morgan fingerprint density at radius 3 is 1.42 bits per heavy atom. The van der Waals surface area contributed by atoms with Crippen molar-refractivity contribution < 1.29 is 19.9 Å². The van der Waals surface area contributed by atoms with Crippen molar-refractivity contribution >= 4 is 0 Å². The zero-order valence-electron chi connectivity index (χ0n) is 6.25. The molecular weight excluding hydrogens is 172 g/mol. The van der Waals surface area contributed by atoms with Crippen LogP contribution in [0.15, 0.2) is 10.7 Å². The van der Waals surface area contributed by atoms with Gasteiger partial charge in [-0.2, -0.15) is 0 Å². The normalized spacial score (nSPS) is 7.50. The molecule has 8 nitrogen and oxygen atoms in total. The molecule has 0 aromatic heterocycles. The maximum atomic E-state index is 9.13. The van der Waals surface area contributed by atoms with Gasteiger partial charge in [0.25, 0.3) is 0 Å². The Labute approximate surface area is 68.0 Å². The van der Waals surface area contributed by atoms with Gasteiger partial charge in [-0.05, 0) is 0 Å². The maximum Gasteiger partial charge on any atom is 0.157 e. The molecule has 0 spiro atoms. The molecule has 0 amide bonds. The van der Waals surface area contributed by atoms with Gasteiger partial charge in [-0.25, -0.2) is 0 Å². The molecule has 0 atom stereocenters. The van der Waals surface area contributed by atoms with Crippen molar-refractivity contribution in [3.05, 3.63) is 9.81 Å². The lowest BCUT2D eigenvalue weighted by molar-refractivity contribution is 0.0498. The predicted octanol–water partition coefficient (Wildman–Crippen LogP) is -0.647. The summed E-state index contributed by atoms with van der Waals surface area (Å²) in [4.78, 5) is 26.0. The van der Waals surface area contributed by atoms with Gasteiger partial charge in [0.1, 0.15) is 0 Å². The zero-order chi connectivity index (χ0) is 9.66. The third-order valence-electron chi connectivity index (χ3n) is 0.471. The van der Waals surface area contributed by atoms with Crippen molar-refractivity contribution in [2.45, 2.75) is 0 Å². The highest BCUT2D eigenvalue weighted by Crippen LogP contribution is 1.76. The third-order valence-corrected chi connectivity index (χ3v) is 0.471. The van der Waals surface area contributed by atoms with E-state index < -0.39 is 0 Å². The molecule has 0 radical (unpaired) electrons. The van der Waals surface area contributed by atoms with Gasteiger partial charge in [-0.1, -0.05) is 0 Å². The van der Waals surface area contributed by atoms with Crippen LogP contribution in [-0.4, -0.2) is 36.6 Å². The summed E-state index contributed by atoms with van der Waals surface area (Å²) in [6.07, 6.45) is 0. The highest BCUT2D eigenvalue weighted by molar-refractivity contribution is 4.20. The smallest absolute Gasteiger partial charge is 0.157 e. The Hall–Kier alpha value is -1.28. The summed E-state index contributed by atoms with van der Waals surface area (Å²) in [6, 6.07) is 0. The number of aliphatic hydroxyl groups is 2. The molecule has 0 aromatic carbocycles. The fourth-order valence-corrected chi connectivity index (χ4v) is 0.149. The minimum absolute atomic E-state index is 0.0464. The molecule has 2 N–H and O–H groups in total. The quantitative estimate of drug-likeness (QED) is 0.320. The van der Waals surface area contributed by atoms with Gasteiger partial charge in [0.05, 0.1) is 13.2 Å². The SMILES string of the molecule is O=NOCCON=O.OCCO. The predicted molar refractivity (Wildman–Crippen MR) is 37.7 cm³/mol. The number of aliphatic hydroxyl groups excluding tert-OH is 2. The van der Waals surface area contributed by atoms with Crippen molar-refractivity contribution in [1.29, 1.82) is 0 Å². The first-order chi connectivity index (χ1) is 5.83. The van der Waals surface area contributed by atoms with Crippen LogP contribution in [0.5, 0.6) is 0 Å². The molecule has 0 aliphatic carbocycles. The van der Waals surface area contributed by atoms with E-state index in [0.29, 0.717) is 0 Å². The number of nitrogens with zero attached hydrogens (tertiary/aromatic N) is 2. The second kappa shape index (κ2) is 16.4. The summed E-state index contributed by atoms with van der Waals surface area (Å²) in [7, 11) is 0. The van der Waals surface area contributed by atoms with E-state index in [0.717, 1.165) is 0 Å². The first-order valence-electron chi connectivity index (χ1n) is 2.94. The van der Waals surface area contributed by atoms with Crippen LogP contribution in [0.25, 0.3) is 0 Å². The number of rotatable bonds is 6. The van der Waals surface area contributed by atoms with Crippen molar-refractivity contribution in [3.8, 4) is 0 Å². The Kier molecular flexibility index (Phi) is 18.2. The average molecular weight is 182 g/mol. The van der Waals surface area contributed by atoms with Gasteiger partial charge < -0.3 is 19.9 Å². The molecule has 0 aliphatic rings. The molecule has 0 saturated heterocycles. The Bertz CT molecular complexity index is 87.5. The van der Waals surface area contributed by atoms with Crippen molar-refractivity contribution in [2.24, 2.45) is 10.7 Å². The third kappa shape index (κ3) is 23.3. The molecule has 0 fully saturated rings. The number of hydrogen-bond donors (Lipinski definition) is 2. The second-order valence-electron chi connectivity index (χ2n) is 1.26. The molecular formula is C4H10N2O6. The van der Waals surface area contributed by atoms with E-state index in [2.05, 4.69) is 9.68 Å². The van der Waals surface area contributed by atoms with Gasteiger partial charge in [0, 0.05) is 0 Å². The van der Waals surface area contributed by atoms with Crippen molar-refractivity contribution in [1.82, 2.24) is 0 Å². The van der Waals surface area contributed by atoms with Gasteiger partial charge >= 0.3 is 0 Å². The van der Waals surface area contributed by atoms with Crippen LogP contribution in [0.1, 0.15) is 0 Å². The van der Waals surface area contributed by atoms with E-state index in [1.54, 1.807) is 0 Å². The van der Waals surface area contributed by atoms with E-state index >= 15 is 0 Å². The maximum absolute atomic E-state index is 9.13. The largest absolute Gasteiger partial charge is 0.394 e. The van der Waals surface area contributed by atoms with Crippen LogP contribution in [0, 0.1) is 9.81 Å². The summed E-state index contributed by atoms with van der Waals surface area (Å²) in [5.41, 5.74) is 0. The first kappa shape index (κ1) is 13.3. The van der Waals surface area contributed by atoms with E-state index in [-0.39, 0.29) is 26.4 Å². The summed E-state index contributed by atoms with van der Waals surface area (Å²) < 4.78 is 0. The Balaban J connectivity index is 0.